The van der Waals surface area contributed by atoms with Gasteiger partial charge in [0.15, 0.2) is 0 Å². The third-order valence-electron chi connectivity index (χ3n) is 2.53. The highest BCUT2D eigenvalue weighted by atomic mass is 35.5. The van der Waals surface area contributed by atoms with E-state index in [4.69, 9.17) is 11.6 Å². The molecule has 2 aromatic carbocycles. The molecule has 0 saturated heterocycles. The predicted octanol–water partition coefficient (Wildman–Crippen LogP) is 2.12. The zero-order valence-electron chi connectivity index (χ0n) is 10.3. The van der Waals surface area contributed by atoms with E-state index in [1.807, 2.05) is 0 Å². The van der Waals surface area contributed by atoms with Crippen molar-refractivity contribution in [2.75, 3.05) is 0 Å². The van der Waals surface area contributed by atoms with E-state index in [-0.39, 0.29) is 11.3 Å². The summed E-state index contributed by atoms with van der Waals surface area (Å²) in [6.07, 6.45) is 0. The van der Waals surface area contributed by atoms with E-state index < -0.39 is 11.8 Å². The van der Waals surface area contributed by atoms with Gasteiger partial charge in [-0.05, 0) is 30.3 Å². The summed E-state index contributed by atoms with van der Waals surface area (Å²) in [5.41, 5.74) is 4.90. The molecule has 0 bridgehead atoms. The molecule has 3 N–H and O–H groups in total. The molecule has 0 aliphatic carbocycles. The van der Waals surface area contributed by atoms with Crippen molar-refractivity contribution in [2.24, 2.45) is 0 Å². The number of aromatic hydroxyl groups is 1. The molecule has 2 aromatic rings. The minimum atomic E-state index is -0.636. The van der Waals surface area contributed by atoms with Crippen LogP contribution in [-0.4, -0.2) is 16.9 Å². The van der Waals surface area contributed by atoms with Gasteiger partial charge in [-0.2, -0.15) is 0 Å². The number of halogens is 1. The molecule has 0 unspecified atom stereocenters. The van der Waals surface area contributed by atoms with Crippen LogP contribution in [0.3, 0.4) is 0 Å². The Labute approximate surface area is 120 Å². The first-order valence-electron chi connectivity index (χ1n) is 5.72. The lowest BCUT2D eigenvalue weighted by atomic mass is 10.2. The van der Waals surface area contributed by atoms with Crippen molar-refractivity contribution in [1.29, 1.82) is 0 Å². The van der Waals surface area contributed by atoms with Crippen molar-refractivity contribution in [3.63, 3.8) is 0 Å². The molecule has 2 rings (SSSR count). The Kier molecular flexibility index (Phi) is 4.22. The molecule has 0 fully saturated rings. The van der Waals surface area contributed by atoms with E-state index >= 15 is 0 Å². The Bertz CT molecular complexity index is 644. The fraction of sp³-hybridized carbons (Fsp3) is 0. The molecule has 0 spiro atoms. The number of benzene rings is 2. The maximum atomic E-state index is 11.8. The summed E-state index contributed by atoms with van der Waals surface area (Å²) < 4.78 is 0. The number of amides is 2. The molecule has 6 heteroatoms. The predicted molar refractivity (Wildman–Crippen MR) is 74.5 cm³/mol. The minimum absolute atomic E-state index is 0.0164. The summed E-state index contributed by atoms with van der Waals surface area (Å²) in [4.78, 5) is 23.5. The maximum absolute atomic E-state index is 11.8. The van der Waals surface area contributed by atoms with Crippen LogP contribution >= 0.6 is 11.6 Å². The number of nitrogens with one attached hydrogen (secondary N) is 2. The number of phenols is 1. The number of hydrazine groups is 1. The molecule has 0 aliphatic rings. The van der Waals surface area contributed by atoms with Gasteiger partial charge in [0, 0.05) is 10.6 Å². The summed E-state index contributed by atoms with van der Waals surface area (Å²) in [7, 11) is 0. The van der Waals surface area contributed by atoms with E-state index in [2.05, 4.69) is 10.9 Å². The second kappa shape index (κ2) is 6.08. The normalized spacial score (nSPS) is 9.85. The SMILES string of the molecule is O=C(NNC(=O)c1ccc(Cl)cc1O)c1ccccc1. The fourth-order valence-electron chi connectivity index (χ4n) is 1.54. The van der Waals surface area contributed by atoms with Crippen molar-refractivity contribution in [2.45, 2.75) is 0 Å². The van der Waals surface area contributed by atoms with E-state index in [9.17, 15) is 14.7 Å². The quantitative estimate of drug-likeness (QED) is 0.741. The van der Waals surface area contributed by atoms with E-state index in [0.29, 0.717) is 10.6 Å². The Hall–Kier alpha value is -2.53. The second-order valence-electron chi connectivity index (χ2n) is 3.94. The fourth-order valence-corrected chi connectivity index (χ4v) is 1.71. The van der Waals surface area contributed by atoms with Gasteiger partial charge in [0.1, 0.15) is 5.75 Å². The van der Waals surface area contributed by atoms with Gasteiger partial charge in [0.05, 0.1) is 5.56 Å². The third-order valence-corrected chi connectivity index (χ3v) is 2.77. The second-order valence-corrected chi connectivity index (χ2v) is 4.37. The highest BCUT2D eigenvalue weighted by Crippen LogP contribution is 2.21. The van der Waals surface area contributed by atoms with Crippen molar-refractivity contribution in [1.82, 2.24) is 10.9 Å². The van der Waals surface area contributed by atoms with Crippen LogP contribution in [0.2, 0.25) is 5.02 Å². The lowest BCUT2D eigenvalue weighted by molar-refractivity contribution is 0.0845. The van der Waals surface area contributed by atoms with Crippen molar-refractivity contribution < 1.29 is 14.7 Å². The molecule has 0 aromatic heterocycles. The van der Waals surface area contributed by atoms with Gasteiger partial charge in [-0.15, -0.1) is 0 Å². The molecule has 2 amide bonds. The van der Waals surface area contributed by atoms with Gasteiger partial charge in [-0.1, -0.05) is 29.8 Å². The number of phenolic OH excluding ortho intramolecular Hbond substituents is 1. The number of hydrogen-bond acceptors (Lipinski definition) is 3. The van der Waals surface area contributed by atoms with Crippen LogP contribution in [0.15, 0.2) is 48.5 Å². The standard InChI is InChI=1S/C14H11ClN2O3/c15-10-6-7-11(12(18)8-10)14(20)17-16-13(19)9-4-2-1-3-5-9/h1-8,18H,(H,16,19)(H,17,20). The van der Waals surface area contributed by atoms with E-state index in [0.717, 1.165) is 0 Å². The van der Waals surface area contributed by atoms with Gasteiger partial charge < -0.3 is 5.11 Å². The van der Waals surface area contributed by atoms with Crippen LogP contribution in [0, 0.1) is 0 Å². The third kappa shape index (κ3) is 3.27. The molecule has 0 aliphatic heterocycles. The van der Waals surface area contributed by atoms with Crippen molar-refractivity contribution in [3.8, 4) is 5.75 Å². The summed E-state index contributed by atoms with van der Waals surface area (Å²) in [6, 6.07) is 12.5. The summed E-state index contributed by atoms with van der Waals surface area (Å²) in [5, 5.41) is 9.90. The van der Waals surface area contributed by atoms with Crippen LogP contribution in [0.5, 0.6) is 5.75 Å². The molecule has 0 radical (unpaired) electrons. The summed E-state index contributed by atoms with van der Waals surface area (Å²) in [6.45, 7) is 0. The first-order chi connectivity index (χ1) is 9.58. The lowest BCUT2D eigenvalue weighted by Gasteiger charge is -2.08. The molecule has 20 heavy (non-hydrogen) atoms. The van der Waals surface area contributed by atoms with E-state index in [1.54, 1.807) is 30.3 Å². The molecule has 0 saturated carbocycles. The zero-order chi connectivity index (χ0) is 14.5. The average molecular weight is 291 g/mol. The monoisotopic (exact) mass is 290 g/mol. The topological polar surface area (TPSA) is 78.4 Å². The highest BCUT2D eigenvalue weighted by molar-refractivity contribution is 6.30. The van der Waals surface area contributed by atoms with E-state index in [1.165, 1.54) is 18.2 Å². The smallest absolute Gasteiger partial charge is 0.273 e. The van der Waals surface area contributed by atoms with Crippen LogP contribution < -0.4 is 10.9 Å². The first kappa shape index (κ1) is 13.9. The van der Waals surface area contributed by atoms with Crippen LogP contribution in [0.1, 0.15) is 20.7 Å². The van der Waals surface area contributed by atoms with Crippen LogP contribution in [-0.2, 0) is 0 Å². The molecular formula is C14H11ClN2O3. The largest absolute Gasteiger partial charge is 0.507 e. The maximum Gasteiger partial charge on any atom is 0.273 e. The number of carbonyl (C=O) groups is 2. The van der Waals surface area contributed by atoms with Crippen molar-refractivity contribution in [3.05, 3.63) is 64.7 Å². The zero-order valence-corrected chi connectivity index (χ0v) is 11.0. The number of hydrogen-bond donors (Lipinski definition) is 3. The summed E-state index contributed by atoms with van der Waals surface area (Å²) in [5.74, 6) is -1.35. The van der Waals surface area contributed by atoms with Crippen LogP contribution in [0.25, 0.3) is 0 Å². The lowest BCUT2D eigenvalue weighted by Crippen LogP contribution is -2.41. The number of rotatable bonds is 2. The number of carbonyl (C=O) groups excluding carboxylic acids is 2. The van der Waals surface area contributed by atoms with Gasteiger partial charge in [0.25, 0.3) is 11.8 Å². The minimum Gasteiger partial charge on any atom is -0.507 e. The first-order valence-corrected chi connectivity index (χ1v) is 6.10. The average Bonchev–Trinajstić information content (AvgIpc) is 2.45. The van der Waals surface area contributed by atoms with Gasteiger partial charge >= 0.3 is 0 Å². The summed E-state index contributed by atoms with van der Waals surface area (Å²) >= 11 is 5.67. The Morgan fingerprint density at radius 1 is 0.950 bits per heavy atom. The Balaban J connectivity index is 2.00. The van der Waals surface area contributed by atoms with Crippen molar-refractivity contribution >= 4 is 23.4 Å². The molecule has 102 valence electrons. The highest BCUT2D eigenvalue weighted by Gasteiger charge is 2.12. The van der Waals surface area contributed by atoms with Gasteiger partial charge in [-0.25, -0.2) is 0 Å². The van der Waals surface area contributed by atoms with Gasteiger partial charge in [-0.3, -0.25) is 20.4 Å². The van der Waals surface area contributed by atoms with Crippen LogP contribution in [0.4, 0.5) is 0 Å². The Morgan fingerprint density at radius 2 is 1.60 bits per heavy atom. The molecule has 0 atom stereocenters. The molecular weight excluding hydrogens is 280 g/mol. The Morgan fingerprint density at radius 3 is 2.25 bits per heavy atom. The molecule has 0 heterocycles. The molecule has 5 nitrogen and oxygen atoms in total. The van der Waals surface area contributed by atoms with Gasteiger partial charge in [0.2, 0.25) is 0 Å².